The van der Waals surface area contributed by atoms with Crippen LogP contribution in [0.25, 0.3) is 0 Å². The molecular formula is C12H15ClFNO2. The second-order valence-electron chi connectivity index (χ2n) is 4.43. The highest BCUT2D eigenvalue weighted by molar-refractivity contribution is 6.21. The minimum atomic E-state index is -0.763. The lowest BCUT2D eigenvalue weighted by molar-refractivity contribution is 0.0905. The van der Waals surface area contributed by atoms with Crippen LogP contribution in [0.1, 0.15) is 31.1 Å². The van der Waals surface area contributed by atoms with Gasteiger partial charge in [-0.1, -0.05) is 6.07 Å². The minimum absolute atomic E-state index is 0.333. The van der Waals surface area contributed by atoms with E-state index in [-0.39, 0.29) is 16.7 Å². The van der Waals surface area contributed by atoms with Crippen molar-refractivity contribution < 1.29 is 14.3 Å². The summed E-state index contributed by atoms with van der Waals surface area (Å²) in [5.74, 6) is -1.83. The molecule has 5 heteroatoms. The lowest BCUT2D eigenvalue weighted by Crippen LogP contribution is -2.49. The van der Waals surface area contributed by atoms with Crippen LogP contribution >= 0.6 is 11.6 Å². The summed E-state index contributed by atoms with van der Waals surface area (Å²) in [4.78, 5) is 11.8. The largest absolute Gasteiger partial charge is 0.507 e. The van der Waals surface area contributed by atoms with Gasteiger partial charge in [0.2, 0.25) is 0 Å². The molecule has 0 fully saturated rings. The number of amides is 1. The summed E-state index contributed by atoms with van der Waals surface area (Å²) in [6.45, 7) is 5.17. The molecular weight excluding hydrogens is 245 g/mol. The summed E-state index contributed by atoms with van der Waals surface area (Å²) in [6.07, 6.45) is 0. The molecule has 0 heterocycles. The topological polar surface area (TPSA) is 49.3 Å². The van der Waals surface area contributed by atoms with E-state index in [0.29, 0.717) is 0 Å². The van der Waals surface area contributed by atoms with Crippen molar-refractivity contribution in [3.8, 4) is 5.75 Å². The number of benzene rings is 1. The van der Waals surface area contributed by atoms with E-state index in [4.69, 9.17) is 11.6 Å². The summed E-state index contributed by atoms with van der Waals surface area (Å²) in [5.41, 5.74) is -1.06. The standard InChI is InChI=1S/C12H15ClFNO2/c1-7(13)12(2,3)15-11(17)10-8(14)5-4-6-9(10)16/h4-7,16H,1-3H3,(H,15,17). The van der Waals surface area contributed by atoms with Crippen molar-refractivity contribution >= 4 is 17.5 Å². The van der Waals surface area contributed by atoms with Crippen LogP contribution < -0.4 is 5.32 Å². The van der Waals surface area contributed by atoms with Gasteiger partial charge in [-0.15, -0.1) is 11.6 Å². The molecule has 1 rings (SSSR count). The van der Waals surface area contributed by atoms with Gasteiger partial charge >= 0.3 is 0 Å². The third kappa shape index (κ3) is 3.09. The average molecular weight is 260 g/mol. The number of phenolic OH excluding ortho intramolecular Hbond substituents is 1. The Kier molecular flexibility index (Phi) is 3.98. The van der Waals surface area contributed by atoms with Crippen molar-refractivity contribution in [2.75, 3.05) is 0 Å². The van der Waals surface area contributed by atoms with E-state index in [2.05, 4.69) is 5.32 Å². The zero-order chi connectivity index (χ0) is 13.2. The van der Waals surface area contributed by atoms with E-state index < -0.39 is 17.3 Å². The van der Waals surface area contributed by atoms with Crippen LogP contribution in [-0.4, -0.2) is 21.9 Å². The Labute approximate surface area is 105 Å². The summed E-state index contributed by atoms with van der Waals surface area (Å²) in [5, 5.41) is 11.7. The highest BCUT2D eigenvalue weighted by Gasteiger charge is 2.28. The molecule has 3 nitrogen and oxygen atoms in total. The van der Waals surface area contributed by atoms with Crippen molar-refractivity contribution in [1.82, 2.24) is 5.32 Å². The van der Waals surface area contributed by atoms with Crippen LogP contribution in [0.4, 0.5) is 4.39 Å². The van der Waals surface area contributed by atoms with Gasteiger partial charge in [-0.25, -0.2) is 4.39 Å². The molecule has 1 atom stereocenters. The third-order valence-electron chi connectivity index (χ3n) is 2.65. The summed E-state index contributed by atoms with van der Waals surface area (Å²) in [7, 11) is 0. The number of hydrogen-bond acceptors (Lipinski definition) is 2. The number of rotatable bonds is 3. The molecule has 1 aromatic carbocycles. The lowest BCUT2D eigenvalue weighted by Gasteiger charge is -2.29. The van der Waals surface area contributed by atoms with Crippen molar-refractivity contribution in [3.63, 3.8) is 0 Å². The molecule has 0 saturated heterocycles. The third-order valence-corrected chi connectivity index (χ3v) is 3.19. The van der Waals surface area contributed by atoms with E-state index in [9.17, 15) is 14.3 Å². The number of carbonyl (C=O) groups is 1. The Hall–Kier alpha value is -1.29. The van der Waals surface area contributed by atoms with E-state index >= 15 is 0 Å². The normalized spacial score (nSPS) is 13.2. The highest BCUT2D eigenvalue weighted by Crippen LogP contribution is 2.22. The van der Waals surface area contributed by atoms with E-state index in [1.54, 1.807) is 20.8 Å². The lowest BCUT2D eigenvalue weighted by atomic mass is 10.0. The quantitative estimate of drug-likeness (QED) is 0.820. The number of carbonyl (C=O) groups excluding carboxylic acids is 1. The second kappa shape index (κ2) is 4.92. The number of phenols is 1. The Morgan fingerprint density at radius 3 is 2.59 bits per heavy atom. The fourth-order valence-electron chi connectivity index (χ4n) is 1.19. The number of nitrogens with one attached hydrogen (secondary N) is 1. The first-order valence-corrected chi connectivity index (χ1v) is 5.63. The maximum atomic E-state index is 13.4. The van der Waals surface area contributed by atoms with Crippen LogP contribution in [0.5, 0.6) is 5.75 Å². The first-order valence-electron chi connectivity index (χ1n) is 5.19. The van der Waals surface area contributed by atoms with Gasteiger partial charge in [0, 0.05) is 0 Å². The van der Waals surface area contributed by atoms with Crippen molar-refractivity contribution in [2.24, 2.45) is 0 Å². The van der Waals surface area contributed by atoms with Crippen LogP contribution in [0.2, 0.25) is 0 Å². The Morgan fingerprint density at radius 1 is 1.53 bits per heavy atom. The van der Waals surface area contributed by atoms with Gasteiger partial charge in [-0.05, 0) is 32.9 Å². The minimum Gasteiger partial charge on any atom is -0.507 e. The number of hydrogen-bond donors (Lipinski definition) is 2. The van der Waals surface area contributed by atoms with E-state index in [0.717, 1.165) is 6.07 Å². The maximum Gasteiger partial charge on any atom is 0.258 e. The fourth-order valence-corrected chi connectivity index (χ4v) is 1.25. The predicted octanol–water partition coefficient (Wildman–Crippen LogP) is 2.67. The molecule has 17 heavy (non-hydrogen) atoms. The van der Waals surface area contributed by atoms with Gasteiger partial charge in [0.05, 0.1) is 10.9 Å². The van der Waals surface area contributed by atoms with E-state index in [1.807, 2.05) is 0 Å². The summed E-state index contributed by atoms with van der Waals surface area (Å²) >= 11 is 5.91. The Balaban J connectivity index is 2.99. The fraction of sp³-hybridized carbons (Fsp3) is 0.417. The molecule has 0 aliphatic heterocycles. The van der Waals surface area contributed by atoms with Gasteiger partial charge in [0.15, 0.2) is 0 Å². The van der Waals surface area contributed by atoms with Crippen molar-refractivity contribution in [3.05, 3.63) is 29.6 Å². The molecule has 0 aromatic heterocycles. The smallest absolute Gasteiger partial charge is 0.258 e. The SMILES string of the molecule is CC(Cl)C(C)(C)NC(=O)c1c(O)cccc1F. The molecule has 1 amide bonds. The Morgan fingerprint density at radius 2 is 2.12 bits per heavy atom. The molecule has 1 unspecified atom stereocenters. The van der Waals surface area contributed by atoms with Crippen molar-refractivity contribution in [2.45, 2.75) is 31.7 Å². The van der Waals surface area contributed by atoms with Gasteiger partial charge < -0.3 is 10.4 Å². The van der Waals surface area contributed by atoms with Crippen LogP contribution in [-0.2, 0) is 0 Å². The summed E-state index contributed by atoms with van der Waals surface area (Å²) < 4.78 is 13.4. The van der Waals surface area contributed by atoms with Gasteiger partial charge in [0.1, 0.15) is 17.1 Å². The first-order chi connectivity index (χ1) is 7.75. The molecule has 0 radical (unpaired) electrons. The summed E-state index contributed by atoms with van der Waals surface area (Å²) in [6, 6.07) is 3.71. The van der Waals surface area contributed by atoms with Crippen molar-refractivity contribution in [1.29, 1.82) is 0 Å². The number of alkyl halides is 1. The van der Waals surface area contributed by atoms with E-state index in [1.165, 1.54) is 12.1 Å². The van der Waals surface area contributed by atoms with Gasteiger partial charge in [0.25, 0.3) is 5.91 Å². The molecule has 0 aliphatic rings. The Bertz CT molecular complexity index is 412. The van der Waals surface area contributed by atoms with Crippen LogP contribution in [0.3, 0.4) is 0 Å². The zero-order valence-electron chi connectivity index (χ0n) is 9.92. The molecule has 94 valence electrons. The molecule has 1 aromatic rings. The predicted molar refractivity (Wildman–Crippen MR) is 64.9 cm³/mol. The zero-order valence-corrected chi connectivity index (χ0v) is 10.7. The number of aromatic hydroxyl groups is 1. The van der Waals surface area contributed by atoms with Crippen LogP contribution in [0.15, 0.2) is 18.2 Å². The second-order valence-corrected chi connectivity index (χ2v) is 5.08. The highest BCUT2D eigenvalue weighted by atomic mass is 35.5. The molecule has 0 bridgehead atoms. The number of halogens is 2. The van der Waals surface area contributed by atoms with Gasteiger partial charge in [-0.3, -0.25) is 4.79 Å². The van der Waals surface area contributed by atoms with Crippen LogP contribution in [0, 0.1) is 5.82 Å². The molecule has 2 N–H and O–H groups in total. The maximum absolute atomic E-state index is 13.4. The molecule has 0 spiro atoms. The first kappa shape index (κ1) is 13.8. The van der Waals surface area contributed by atoms with Gasteiger partial charge in [-0.2, -0.15) is 0 Å². The molecule has 0 aliphatic carbocycles. The monoisotopic (exact) mass is 259 g/mol. The molecule has 0 saturated carbocycles. The average Bonchev–Trinajstić information content (AvgIpc) is 2.15.